The molecule has 0 saturated heterocycles. The molecule has 2 N–H and O–H groups in total. The van der Waals surface area contributed by atoms with Crippen LogP contribution in [-0.4, -0.2) is 18.5 Å². The maximum absolute atomic E-state index is 5.75. The van der Waals surface area contributed by atoms with Crippen molar-refractivity contribution in [2.24, 2.45) is 5.73 Å². The number of likely N-dealkylation sites (N-methyl/N-ethyl adjacent to an activating group) is 1. The molecule has 2 nitrogen and oxygen atoms in total. The van der Waals surface area contributed by atoms with Gasteiger partial charge in [0.2, 0.25) is 0 Å². The van der Waals surface area contributed by atoms with Crippen LogP contribution in [0.4, 0.5) is 0 Å². The lowest BCUT2D eigenvalue weighted by Gasteiger charge is -2.17. The molecule has 0 aromatic heterocycles. The van der Waals surface area contributed by atoms with Crippen molar-refractivity contribution >= 4 is 0 Å². The minimum Gasteiger partial charge on any atom is -0.329 e. The number of aryl methyl sites for hydroxylation is 1. The predicted octanol–water partition coefficient (Wildman–Crippen LogP) is 1.44. The molecule has 1 aliphatic rings. The standard InChI is InChI=1S/C11H16N2/c1-8-3-4-9-7-13(2)11(6-12)10(9)5-8/h3-5,11H,6-7,12H2,1-2H3. The van der Waals surface area contributed by atoms with E-state index >= 15 is 0 Å². The van der Waals surface area contributed by atoms with Gasteiger partial charge in [-0.05, 0) is 25.1 Å². The number of fused-ring (bicyclic) bond motifs is 1. The summed E-state index contributed by atoms with van der Waals surface area (Å²) in [5.41, 5.74) is 9.93. The third kappa shape index (κ3) is 1.36. The van der Waals surface area contributed by atoms with Crippen molar-refractivity contribution in [2.75, 3.05) is 13.6 Å². The van der Waals surface area contributed by atoms with Crippen LogP contribution in [0.25, 0.3) is 0 Å². The lowest BCUT2D eigenvalue weighted by atomic mass is 10.0. The van der Waals surface area contributed by atoms with E-state index in [4.69, 9.17) is 5.73 Å². The van der Waals surface area contributed by atoms with Crippen molar-refractivity contribution in [3.05, 3.63) is 34.9 Å². The first kappa shape index (κ1) is 8.73. The first-order valence-corrected chi connectivity index (χ1v) is 4.72. The van der Waals surface area contributed by atoms with Gasteiger partial charge in [0.05, 0.1) is 0 Å². The Morgan fingerprint density at radius 2 is 2.31 bits per heavy atom. The van der Waals surface area contributed by atoms with Gasteiger partial charge < -0.3 is 5.73 Å². The second kappa shape index (κ2) is 3.13. The van der Waals surface area contributed by atoms with Gasteiger partial charge in [-0.2, -0.15) is 0 Å². The summed E-state index contributed by atoms with van der Waals surface area (Å²) in [4.78, 5) is 2.31. The quantitative estimate of drug-likeness (QED) is 0.701. The highest BCUT2D eigenvalue weighted by atomic mass is 15.2. The molecule has 0 amide bonds. The van der Waals surface area contributed by atoms with Gasteiger partial charge in [0.15, 0.2) is 0 Å². The average Bonchev–Trinajstić information content (AvgIpc) is 2.40. The fourth-order valence-electron chi connectivity index (χ4n) is 2.09. The summed E-state index contributed by atoms with van der Waals surface area (Å²) in [5, 5.41) is 0. The smallest absolute Gasteiger partial charge is 0.0474 e. The van der Waals surface area contributed by atoms with Crippen LogP contribution in [-0.2, 0) is 6.54 Å². The highest BCUT2D eigenvalue weighted by Gasteiger charge is 2.25. The molecule has 13 heavy (non-hydrogen) atoms. The van der Waals surface area contributed by atoms with E-state index in [1.165, 1.54) is 16.7 Å². The van der Waals surface area contributed by atoms with Gasteiger partial charge in [0.25, 0.3) is 0 Å². The Morgan fingerprint density at radius 3 is 3.00 bits per heavy atom. The molecule has 2 rings (SSSR count). The summed E-state index contributed by atoms with van der Waals surface area (Å²) in [6.07, 6.45) is 0. The zero-order chi connectivity index (χ0) is 9.42. The molecule has 0 saturated carbocycles. The number of nitrogens with zero attached hydrogens (tertiary/aromatic N) is 1. The highest BCUT2D eigenvalue weighted by Crippen LogP contribution is 2.31. The SMILES string of the molecule is Cc1ccc2c(c1)C(CN)N(C)C2. The second-order valence-electron chi connectivity index (χ2n) is 3.87. The molecule has 0 radical (unpaired) electrons. The third-order valence-corrected chi connectivity index (χ3v) is 2.84. The summed E-state index contributed by atoms with van der Waals surface area (Å²) in [6.45, 7) is 3.89. The molecule has 0 fully saturated rings. The Balaban J connectivity index is 2.44. The molecule has 2 heteroatoms. The third-order valence-electron chi connectivity index (χ3n) is 2.84. The zero-order valence-corrected chi connectivity index (χ0v) is 8.25. The summed E-state index contributed by atoms with van der Waals surface area (Å²) in [5.74, 6) is 0. The van der Waals surface area contributed by atoms with E-state index in [9.17, 15) is 0 Å². The molecule has 70 valence electrons. The fraction of sp³-hybridized carbons (Fsp3) is 0.455. The maximum Gasteiger partial charge on any atom is 0.0474 e. The van der Waals surface area contributed by atoms with Crippen LogP contribution in [0.1, 0.15) is 22.7 Å². The normalized spacial score (nSPS) is 21.9. The van der Waals surface area contributed by atoms with Crippen LogP contribution in [0.3, 0.4) is 0 Å². The van der Waals surface area contributed by atoms with Crippen LogP contribution in [0, 0.1) is 6.92 Å². The monoisotopic (exact) mass is 176 g/mol. The van der Waals surface area contributed by atoms with Gasteiger partial charge >= 0.3 is 0 Å². The molecule has 1 aliphatic heterocycles. The van der Waals surface area contributed by atoms with E-state index in [0.717, 1.165) is 6.54 Å². The van der Waals surface area contributed by atoms with Crippen LogP contribution in [0.15, 0.2) is 18.2 Å². The second-order valence-corrected chi connectivity index (χ2v) is 3.87. The van der Waals surface area contributed by atoms with Crippen molar-refractivity contribution < 1.29 is 0 Å². The number of nitrogens with two attached hydrogens (primary N) is 1. The average molecular weight is 176 g/mol. The molecule has 1 aromatic rings. The lowest BCUT2D eigenvalue weighted by molar-refractivity contribution is 0.274. The number of rotatable bonds is 1. The molecular formula is C11H16N2. The summed E-state index contributed by atoms with van der Waals surface area (Å²) in [7, 11) is 2.13. The minimum atomic E-state index is 0.426. The number of hydrogen-bond donors (Lipinski definition) is 1. The van der Waals surface area contributed by atoms with Crippen LogP contribution in [0.2, 0.25) is 0 Å². The van der Waals surface area contributed by atoms with Gasteiger partial charge in [0.1, 0.15) is 0 Å². The van der Waals surface area contributed by atoms with Gasteiger partial charge in [-0.15, -0.1) is 0 Å². The van der Waals surface area contributed by atoms with E-state index in [1.54, 1.807) is 0 Å². The van der Waals surface area contributed by atoms with Gasteiger partial charge in [-0.3, -0.25) is 4.90 Å². The largest absolute Gasteiger partial charge is 0.329 e. The van der Waals surface area contributed by atoms with E-state index in [1.807, 2.05) is 0 Å². The number of benzene rings is 1. The molecule has 0 aliphatic carbocycles. The number of hydrogen-bond acceptors (Lipinski definition) is 2. The molecule has 1 heterocycles. The van der Waals surface area contributed by atoms with Crippen LogP contribution >= 0.6 is 0 Å². The zero-order valence-electron chi connectivity index (χ0n) is 8.25. The van der Waals surface area contributed by atoms with Crippen molar-refractivity contribution in [3.8, 4) is 0 Å². The van der Waals surface area contributed by atoms with Gasteiger partial charge in [-0.1, -0.05) is 23.8 Å². The Morgan fingerprint density at radius 1 is 1.54 bits per heavy atom. The van der Waals surface area contributed by atoms with Gasteiger partial charge in [-0.25, -0.2) is 0 Å². The van der Waals surface area contributed by atoms with E-state index in [0.29, 0.717) is 12.6 Å². The maximum atomic E-state index is 5.75. The topological polar surface area (TPSA) is 29.3 Å². The first-order valence-electron chi connectivity index (χ1n) is 4.72. The van der Waals surface area contributed by atoms with Crippen molar-refractivity contribution in [2.45, 2.75) is 19.5 Å². The molecule has 1 atom stereocenters. The Kier molecular flexibility index (Phi) is 2.10. The Labute approximate surface area is 79.4 Å². The molecule has 1 aromatic carbocycles. The van der Waals surface area contributed by atoms with Crippen molar-refractivity contribution in [1.29, 1.82) is 0 Å². The van der Waals surface area contributed by atoms with E-state index < -0.39 is 0 Å². The molecule has 0 spiro atoms. The van der Waals surface area contributed by atoms with Crippen molar-refractivity contribution in [1.82, 2.24) is 4.90 Å². The lowest BCUT2D eigenvalue weighted by Crippen LogP contribution is -2.23. The summed E-state index contributed by atoms with van der Waals surface area (Å²) >= 11 is 0. The highest BCUT2D eigenvalue weighted by molar-refractivity contribution is 5.37. The first-order chi connectivity index (χ1) is 6.22. The summed E-state index contributed by atoms with van der Waals surface area (Å²) < 4.78 is 0. The Bertz CT molecular complexity index is 320. The minimum absolute atomic E-state index is 0.426. The van der Waals surface area contributed by atoms with E-state index in [2.05, 4.69) is 37.1 Å². The van der Waals surface area contributed by atoms with Crippen molar-refractivity contribution in [3.63, 3.8) is 0 Å². The van der Waals surface area contributed by atoms with Crippen LogP contribution < -0.4 is 5.73 Å². The Hall–Kier alpha value is -0.860. The molecule has 1 unspecified atom stereocenters. The van der Waals surface area contributed by atoms with E-state index in [-0.39, 0.29) is 0 Å². The van der Waals surface area contributed by atoms with Crippen LogP contribution in [0.5, 0.6) is 0 Å². The fourth-order valence-corrected chi connectivity index (χ4v) is 2.09. The molecule has 0 bridgehead atoms. The van der Waals surface area contributed by atoms with Gasteiger partial charge in [0, 0.05) is 19.1 Å². The summed E-state index contributed by atoms with van der Waals surface area (Å²) in [6, 6.07) is 7.08. The predicted molar refractivity (Wildman–Crippen MR) is 54.4 cm³/mol. The molecular weight excluding hydrogens is 160 g/mol.